The van der Waals surface area contributed by atoms with Crippen molar-refractivity contribution in [1.82, 2.24) is 15.2 Å². The summed E-state index contributed by atoms with van der Waals surface area (Å²) in [6.45, 7) is 6.41. The summed E-state index contributed by atoms with van der Waals surface area (Å²) < 4.78 is 0. The SMILES string of the molecule is C[C@@H]1CN[C@@H](C)CN1C(c1ccc(Cl)cc1)c1ccc(Cl)cn1. The molecule has 3 rings (SSSR count). The number of nitrogens with zero attached hydrogens (tertiary/aromatic N) is 2. The Morgan fingerprint density at radius 1 is 1.09 bits per heavy atom. The number of aromatic nitrogens is 1. The molecule has 1 saturated heterocycles. The van der Waals surface area contributed by atoms with Gasteiger partial charge in [-0.25, -0.2) is 0 Å². The van der Waals surface area contributed by atoms with Gasteiger partial charge in [-0.15, -0.1) is 0 Å². The van der Waals surface area contributed by atoms with E-state index in [1.165, 1.54) is 5.56 Å². The lowest BCUT2D eigenvalue weighted by atomic mass is 9.97. The highest BCUT2D eigenvalue weighted by Crippen LogP contribution is 2.31. The van der Waals surface area contributed by atoms with Crippen LogP contribution in [0.25, 0.3) is 0 Å². The van der Waals surface area contributed by atoms with Gasteiger partial charge in [0.1, 0.15) is 0 Å². The minimum atomic E-state index is 0.101. The number of piperazine rings is 1. The third kappa shape index (κ3) is 3.86. The molecule has 1 aromatic heterocycles. The summed E-state index contributed by atoms with van der Waals surface area (Å²) in [6, 6.07) is 12.9. The first-order chi connectivity index (χ1) is 11.0. The molecule has 2 heterocycles. The Morgan fingerprint density at radius 2 is 1.78 bits per heavy atom. The van der Waals surface area contributed by atoms with Gasteiger partial charge in [-0.05, 0) is 43.7 Å². The van der Waals surface area contributed by atoms with Gasteiger partial charge in [-0.2, -0.15) is 0 Å². The molecule has 1 N–H and O–H groups in total. The van der Waals surface area contributed by atoms with Gasteiger partial charge in [-0.3, -0.25) is 9.88 Å². The van der Waals surface area contributed by atoms with Crippen LogP contribution in [0.2, 0.25) is 10.0 Å². The van der Waals surface area contributed by atoms with Crippen LogP contribution < -0.4 is 5.32 Å². The largest absolute Gasteiger partial charge is 0.311 e. The first-order valence-electron chi connectivity index (χ1n) is 7.90. The number of benzene rings is 1. The Morgan fingerprint density at radius 3 is 2.43 bits per heavy atom. The van der Waals surface area contributed by atoms with Gasteiger partial charge in [-0.1, -0.05) is 35.3 Å². The van der Waals surface area contributed by atoms with E-state index in [1.807, 2.05) is 24.3 Å². The lowest BCUT2D eigenvalue weighted by Crippen LogP contribution is -2.55. The third-order valence-electron chi connectivity index (χ3n) is 4.36. The molecule has 0 saturated carbocycles. The van der Waals surface area contributed by atoms with Crippen molar-refractivity contribution in [3.05, 3.63) is 63.9 Å². The standard InChI is InChI=1S/C18H21Cl2N3/c1-12-11-23(13(2)9-21-12)18(14-3-5-15(19)6-4-14)17-8-7-16(20)10-22-17/h3-8,10,12-13,18,21H,9,11H2,1-2H3/t12-,13+,18?/m0/s1. The number of hydrogen-bond acceptors (Lipinski definition) is 3. The van der Waals surface area contributed by atoms with E-state index in [2.05, 4.69) is 41.2 Å². The lowest BCUT2D eigenvalue weighted by Gasteiger charge is -2.42. The minimum Gasteiger partial charge on any atom is -0.311 e. The number of hydrogen-bond donors (Lipinski definition) is 1. The molecule has 1 aliphatic rings. The molecule has 0 aliphatic carbocycles. The fourth-order valence-electron chi connectivity index (χ4n) is 3.14. The van der Waals surface area contributed by atoms with Crippen LogP contribution in [0.15, 0.2) is 42.6 Å². The molecule has 0 radical (unpaired) electrons. The molecule has 0 bridgehead atoms. The smallest absolute Gasteiger partial charge is 0.0779 e. The molecular weight excluding hydrogens is 329 g/mol. The van der Waals surface area contributed by atoms with Crippen molar-refractivity contribution in [1.29, 1.82) is 0 Å². The zero-order chi connectivity index (χ0) is 16.4. The van der Waals surface area contributed by atoms with Gasteiger partial charge >= 0.3 is 0 Å². The maximum Gasteiger partial charge on any atom is 0.0779 e. The predicted molar refractivity (Wildman–Crippen MR) is 96.2 cm³/mol. The fraction of sp³-hybridized carbons (Fsp3) is 0.389. The van der Waals surface area contributed by atoms with Crippen molar-refractivity contribution in [2.24, 2.45) is 0 Å². The molecule has 122 valence electrons. The Kier molecular flexibility index (Phi) is 5.22. The van der Waals surface area contributed by atoms with E-state index in [0.29, 0.717) is 17.1 Å². The Hall–Kier alpha value is -1.13. The average Bonchev–Trinajstić information content (AvgIpc) is 2.54. The molecule has 1 unspecified atom stereocenters. The fourth-order valence-corrected chi connectivity index (χ4v) is 3.37. The predicted octanol–water partition coefficient (Wildman–Crippen LogP) is 4.16. The maximum absolute atomic E-state index is 6.06. The second-order valence-corrected chi connectivity index (χ2v) is 7.08. The summed E-state index contributed by atoms with van der Waals surface area (Å²) in [4.78, 5) is 7.09. The average molecular weight is 350 g/mol. The van der Waals surface area contributed by atoms with E-state index in [9.17, 15) is 0 Å². The van der Waals surface area contributed by atoms with Crippen molar-refractivity contribution >= 4 is 23.2 Å². The summed E-state index contributed by atoms with van der Waals surface area (Å²) in [7, 11) is 0. The molecule has 23 heavy (non-hydrogen) atoms. The van der Waals surface area contributed by atoms with Gasteiger partial charge in [0.15, 0.2) is 0 Å². The van der Waals surface area contributed by atoms with Crippen molar-refractivity contribution in [2.75, 3.05) is 13.1 Å². The summed E-state index contributed by atoms with van der Waals surface area (Å²) in [5, 5.41) is 4.94. The third-order valence-corrected chi connectivity index (χ3v) is 4.84. The molecule has 0 amide bonds. The van der Waals surface area contributed by atoms with Crippen LogP contribution in [0.1, 0.15) is 31.1 Å². The van der Waals surface area contributed by atoms with Gasteiger partial charge in [0, 0.05) is 36.4 Å². The van der Waals surface area contributed by atoms with Gasteiger partial charge in [0.05, 0.1) is 16.8 Å². The molecule has 3 atom stereocenters. The molecule has 3 nitrogen and oxygen atoms in total. The Balaban J connectivity index is 2.01. The Labute approximate surface area is 147 Å². The van der Waals surface area contributed by atoms with Crippen LogP contribution in [0, 0.1) is 0 Å². The van der Waals surface area contributed by atoms with Crippen LogP contribution in [0.3, 0.4) is 0 Å². The second-order valence-electron chi connectivity index (χ2n) is 6.21. The van der Waals surface area contributed by atoms with E-state index < -0.39 is 0 Å². The highest BCUT2D eigenvalue weighted by atomic mass is 35.5. The monoisotopic (exact) mass is 349 g/mol. The van der Waals surface area contributed by atoms with E-state index >= 15 is 0 Å². The van der Waals surface area contributed by atoms with Crippen LogP contribution in [0.5, 0.6) is 0 Å². The van der Waals surface area contributed by atoms with Gasteiger partial charge < -0.3 is 5.32 Å². The topological polar surface area (TPSA) is 28.2 Å². The number of halogens is 2. The molecule has 0 spiro atoms. The van der Waals surface area contributed by atoms with Gasteiger partial charge in [0.2, 0.25) is 0 Å². The summed E-state index contributed by atoms with van der Waals surface area (Å²) in [5.74, 6) is 0. The van der Waals surface area contributed by atoms with Crippen molar-refractivity contribution in [3.63, 3.8) is 0 Å². The zero-order valence-corrected chi connectivity index (χ0v) is 14.8. The van der Waals surface area contributed by atoms with Gasteiger partial charge in [0.25, 0.3) is 0 Å². The van der Waals surface area contributed by atoms with Crippen molar-refractivity contribution in [3.8, 4) is 0 Å². The Bertz CT molecular complexity index is 597. The van der Waals surface area contributed by atoms with Crippen LogP contribution in [0.4, 0.5) is 0 Å². The normalized spacial score (nSPS) is 23.7. The summed E-state index contributed by atoms with van der Waals surface area (Å²) in [6.07, 6.45) is 1.72. The molecule has 1 aromatic carbocycles. The summed E-state index contributed by atoms with van der Waals surface area (Å²) >= 11 is 12.1. The number of rotatable bonds is 3. The quantitative estimate of drug-likeness (QED) is 0.901. The molecular formula is C18H21Cl2N3. The molecule has 2 aromatic rings. The highest BCUT2D eigenvalue weighted by Gasteiger charge is 2.31. The van der Waals surface area contributed by atoms with E-state index in [4.69, 9.17) is 23.2 Å². The van der Waals surface area contributed by atoms with Crippen molar-refractivity contribution in [2.45, 2.75) is 32.0 Å². The van der Waals surface area contributed by atoms with Crippen molar-refractivity contribution < 1.29 is 0 Å². The maximum atomic E-state index is 6.06. The molecule has 1 aliphatic heterocycles. The number of pyridine rings is 1. The van der Waals surface area contributed by atoms with Crippen LogP contribution in [-0.2, 0) is 0 Å². The molecule has 5 heteroatoms. The lowest BCUT2D eigenvalue weighted by molar-refractivity contribution is 0.111. The molecule has 1 fully saturated rings. The van der Waals surface area contributed by atoms with E-state index in [1.54, 1.807) is 6.20 Å². The summed E-state index contributed by atoms with van der Waals surface area (Å²) in [5.41, 5.74) is 2.21. The van der Waals surface area contributed by atoms with E-state index in [-0.39, 0.29) is 6.04 Å². The second kappa shape index (κ2) is 7.18. The van der Waals surface area contributed by atoms with Crippen LogP contribution in [-0.4, -0.2) is 35.1 Å². The van der Waals surface area contributed by atoms with E-state index in [0.717, 1.165) is 23.8 Å². The number of nitrogens with one attached hydrogen (secondary N) is 1. The first-order valence-corrected chi connectivity index (χ1v) is 8.66. The zero-order valence-electron chi connectivity index (χ0n) is 13.3. The van der Waals surface area contributed by atoms with Crippen LogP contribution >= 0.6 is 23.2 Å². The first kappa shape index (κ1) is 16.7. The highest BCUT2D eigenvalue weighted by molar-refractivity contribution is 6.30. The minimum absolute atomic E-state index is 0.101.